The molecule has 0 saturated carbocycles. The van der Waals surface area contributed by atoms with E-state index in [-0.39, 0.29) is 0 Å². The molecule has 0 spiro atoms. The van der Waals surface area contributed by atoms with E-state index < -0.39 is 264 Å². The Labute approximate surface area is 331 Å². The van der Waals surface area contributed by atoms with Crippen LogP contribution >= 0.6 is 0 Å². The molecule has 0 atom stereocenters. The monoisotopic (exact) mass is 680 g/mol. The molecule has 6 heteroatoms. The lowest BCUT2D eigenvalue weighted by Gasteiger charge is -2.16. The highest BCUT2D eigenvalue weighted by atomic mass is 15.3. The van der Waals surface area contributed by atoms with Gasteiger partial charge in [0.15, 0.2) is 5.82 Å². The van der Waals surface area contributed by atoms with Gasteiger partial charge >= 0.3 is 0 Å². The summed E-state index contributed by atoms with van der Waals surface area (Å²) in [5.74, 6) is -2.89. The smallest absolute Gasteiger partial charge is 0.240 e. The van der Waals surface area contributed by atoms with Crippen LogP contribution in [0.15, 0.2) is 169 Å². The first kappa shape index (κ1) is 12.1. The molecule has 11 aromatic rings. The Hall–Kier alpha value is -7.05. The maximum absolute atomic E-state index is 9.62. The highest BCUT2D eigenvalue weighted by Gasteiger charge is 2.22. The average molecular weight is 681 g/mol. The second kappa shape index (κ2) is 10.7. The molecular formula is C45H28N6. The second-order valence-electron chi connectivity index (χ2n) is 10.8. The van der Waals surface area contributed by atoms with Gasteiger partial charge in [0.25, 0.3) is 0 Å². The Balaban J connectivity index is 1.47. The summed E-state index contributed by atoms with van der Waals surface area (Å²) in [6, 6.07) is -25.3. The molecule has 0 unspecified atom stereocenters. The Morgan fingerprint density at radius 2 is 0.608 bits per heavy atom. The topological polar surface area (TPSA) is 53.5 Å². The van der Waals surface area contributed by atoms with Crippen molar-refractivity contribution >= 4 is 65.4 Å². The molecule has 0 bridgehead atoms. The molecule has 0 radical (unpaired) electrons. The molecule has 0 aliphatic rings. The van der Waals surface area contributed by atoms with E-state index in [1.807, 2.05) is 0 Å². The summed E-state index contributed by atoms with van der Waals surface area (Å²) in [6.45, 7) is 0. The Kier molecular flexibility index (Phi) is 2.54. The lowest BCUT2D eigenvalue weighted by Crippen LogP contribution is -2.11. The van der Waals surface area contributed by atoms with Crippen molar-refractivity contribution in [3.05, 3.63) is 169 Å². The summed E-state index contributed by atoms with van der Waals surface area (Å²) >= 11 is 0. The maximum Gasteiger partial charge on any atom is 0.240 e. The standard InChI is InChI=1S/C45H28N6/c1-8-22-36-29(15-1)30-16-2-9-23-37(30)49(36)42-28-14-7-21-35(42)43-46-44(50-38-24-10-3-17-31(38)32-18-4-11-25-39(32)50)48-45(47-43)51-40-26-12-5-19-33(40)34-20-6-13-27-41(34)51/h1-28H/i1D,2D,3D,4D,5D,6D,7D,8D,9D,10D,11D,12D,13D,14D,15D,16D,17D,18D,19D,20D,21D,22D,23D,24D,25D,26D,27D,28D. The van der Waals surface area contributed by atoms with Crippen LogP contribution in [0.3, 0.4) is 0 Å². The van der Waals surface area contributed by atoms with Crippen LogP contribution in [-0.2, 0) is 0 Å². The number of para-hydroxylation sites is 7. The molecule has 0 aliphatic heterocycles. The molecule has 0 saturated heterocycles. The SMILES string of the molecule is [2H]c1c([2H])c([2H])c(-n2c3c([2H])c([2H])c([2H])c([2H])c3c3c([2H])c([2H])c([2H])c([2H])c32)c(-c2nc(-n3c4c([2H])c([2H])c([2H])c([2H])c4c4c([2H])c([2H])c([2H])c([2H])c43)nc(-n3c4c([2H])c([2H])c([2H])c([2H])c4c4c([2H])c([2H])c([2H])c([2H])c43)n2)c1[2H]. The number of fused-ring (bicyclic) bond motifs is 9. The second-order valence-corrected chi connectivity index (χ2v) is 10.8. The van der Waals surface area contributed by atoms with Crippen LogP contribution in [0, 0.1) is 0 Å². The van der Waals surface area contributed by atoms with Crippen molar-refractivity contribution in [3.63, 3.8) is 0 Å². The molecule has 0 N–H and O–H groups in total. The minimum Gasteiger partial charge on any atom is -0.309 e. The van der Waals surface area contributed by atoms with Crippen LogP contribution in [0.2, 0.25) is 0 Å². The highest BCUT2D eigenvalue weighted by Crippen LogP contribution is 2.37. The quantitative estimate of drug-likeness (QED) is 0.186. The first-order valence-electron chi connectivity index (χ1n) is 28.9. The maximum atomic E-state index is 9.62. The van der Waals surface area contributed by atoms with Crippen molar-refractivity contribution in [1.29, 1.82) is 0 Å². The summed E-state index contributed by atoms with van der Waals surface area (Å²) in [6.07, 6.45) is 0. The zero-order chi connectivity index (χ0) is 57.8. The fourth-order valence-electron chi connectivity index (χ4n) is 6.19. The van der Waals surface area contributed by atoms with Crippen LogP contribution in [0.1, 0.15) is 38.4 Å². The number of nitrogens with zero attached hydrogens (tertiary/aromatic N) is 6. The van der Waals surface area contributed by atoms with Gasteiger partial charge in [0, 0.05) is 37.9 Å². The van der Waals surface area contributed by atoms with Crippen molar-refractivity contribution in [1.82, 2.24) is 28.7 Å². The minimum atomic E-state index is -1.09. The number of rotatable bonds is 4. The van der Waals surface area contributed by atoms with Gasteiger partial charge in [0.1, 0.15) is 0 Å². The predicted octanol–water partition coefficient (Wildman–Crippen LogP) is 10.8. The number of hydrogen-bond donors (Lipinski definition) is 0. The van der Waals surface area contributed by atoms with Crippen molar-refractivity contribution < 1.29 is 38.4 Å². The predicted molar refractivity (Wildman–Crippen MR) is 208 cm³/mol. The van der Waals surface area contributed by atoms with Gasteiger partial charge in [-0.25, -0.2) is 0 Å². The molecule has 51 heavy (non-hydrogen) atoms. The van der Waals surface area contributed by atoms with Crippen LogP contribution in [0.25, 0.3) is 94.4 Å². The van der Waals surface area contributed by atoms with Gasteiger partial charge < -0.3 is 4.57 Å². The largest absolute Gasteiger partial charge is 0.309 e. The fourth-order valence-corrected chi connectivity index (χ4v) is 6.19. The number of benzene rings is 7. The van der Waals surface area contributed by atoms with Gasteiger partial charge in [0.05, 0.1) is 77.2 Å². The molecule has 4 heterocycles. The molecule has 11 rings (SSSR count). The first-order valence-corrected chi connectivity index (χ1v) is 14.9. The summed E-state index contributed by atoms with van der Waals surface area (Å²) < 4.78 is 253. The summed E-state index contributed by atoms with van der Waals surface area (Å²) in [7, 11) is 0. The number of hydrogen-bond acceptors (Lipinski definition) is 3. The summed E-state index contributed by atoms with van der Waals surface area (Å²) in [5.41, 5.74) is -5.61. The third kappa shape index (κ3) is 4.01. The Morgan fingerprint density at radius 1 is 0.314 bits per heavy atom. The van der Waals surface area contributed by atoms with E-state index in [2.05, 4.69) is 15.0 Å². The normalized spacial score (nSPS) is 19.6. The van der Waals surface area contributed by atoms with E-state index in [4.69, 9.17) is 27.4 Å². The van der Waals surface area contributed by atoms with Crippen molar-refractivity contribution in [2.45, 2.75) is 0 Å². The van der Waals surface area contributed by atoms with Crippen LogP contribution < -0.4 is 0 Å². The third-order valence-corrected chi connectivity index (χ3v) is 8.22. The van der Waals surface area contributed by atoms with Crippen LogP contribution in [0.4, 0.5) is 0 Å². The number of aromatic nitrogens is 6. The highest BCUT2D eigenvalue weighted by molar-refractivity contribution is 6.11. The Bertz CT molecular complexity index is 4360. The Morgan fingerprint density at radius 3 is 0.980 bits per heavy atom. The van der Waals surface area contributed by atoms with E-state index >= 15 is 0 Å². The van der Waals surface area contributed by atoms with Gasteiger partial charge in [-0.3, -0.25) is 9.13 Å². The van der Waals surface area contributed by atoms with Gasteiger partial charge in [-0.2, -0.15) is 15.0 Å². The molecule has 0 fully saturated rings. The van der Waals surface area contributed by atoms with Gasteiger partial charge in [-0.05, 0) is 48.3 Å². The summed E-state index contributed by atoms with van der Waals surface area (Å²) in [4.78, 5) is 13.8. The molecule has 0 aliphatic carbocycles. The van der Waals surface area contributed by atoms with E-state index in [1.54, 1.807) is 0 Å². The molecular weight excluding hydrogens is 625 g/mol. The lowest BCUT2D eigenvalue weighted by molar-refractivity contribution is 0.892. The van der Waals surface area contributed by atoms with E-state index in [1.165, 1.54) is 0 Å². The van der Waals surface area contributed by atoms with Crippen molar-refractivity contribution in [2.24, 2.45) is 0 Å². The van der Waals surface area contributed by atoms with E-state index in [0.29, 0.717) is 0 Å². The first-order chi connectivity index (χ1) is 36.9. The zero-order valence-corrected chi connectivity index (χ0v) is 25.2. The minimum absolute atomic E-state index is 0.521. The van der Waals surface area contributed by atoms with Crippen LogP contribution in [-0.4, -0.2) is 28.7 Å². The molecule has 6 nitrogen and oxygen atoms in total. The molecule has 7 aromatic carbocycles. The third-order valence-electron chi connectivity index (χ3n) is 8.22. The van der Waals surface area contributed by atoms with Gasteiger partial charge in [-0.1, -0.05) is 121 Å². The zero-order valence-electron chi connectivity index (χ0n) is 53.2. The van der Waals surface area contributed by atoms with Gasteiger partial charge in [-0.15, -0.1) is 0 Å². The molecule has 0 amide bonds. The van der Waals surface area contributed by atoms with E-state index in [0.717, 1.165) is 13.7 Å². The lowest BCUT2D eigenvalue weighted by atomic mass is 10.1. The van der Waals surface area contributed by atoms with Gasteiger partial charge in [0.2, 0.25) is 11.9 Å². The average Bonchev–Trinajstić information content (AvgIpc) is 4.34. The summed E-state index contributed by atoms with van der Waals surface area (Å²) in [5, 5.41) is -3.16. The van der Waals surface area contributed by atoms with E-state index in [9.17, 15) is 11.0 Å². The van der Waals surface area contributed by atoms with Crippen molar-refractivity contribution in [3.8, 4) is 29.0 Å². The van der Waals surface area contributed by atoms with Crippen LogP contribution in [0.5, 0.6) is 0 Å². The fraction of sp³-hybridized carbons (Fsp3) is 0. The van der Waals surface area contributed by atoms with Crippen molar-refractivity contribution in [2.75, 3.05) is 0 Å². The molecule has 4 aromatic heterocycles. The molecule has 238 valence electrons.